The molecule has 1 heterocycles. The lowest BCUT2D eigenvalue weighted by Gasteiger charge is -2.34. The quantitative estimate of drug-likeness (QED) is 0.662. The first-order valence-corrected chi connectivity index (χ1v) is 7.59. The Bertz CT molecular complexity index is 555. The molecule has 0 radical (unpaired) electrons. The van der Waals surface area contributed by atoms with Crippen molar-refractivity contribution in [3.05, 3.63) is 39.7 Å². The summed E-state index contributed by atoms with van der Waals surface area (Å²) in [6, 6.07) is 3.72. The van der Waals surface area contributed by atoms with Gasteiger partial charge in [-0.05, 0) is 11.6 Å². The molecule has 1 aromatic rings. The van der Waals surface area contributed by atoms with Crippen LogP contribution in [-0.4, -0.2) is 45.0 Å². The second-order valence-electron chi connectivity index (χ2n) is 4.84. The van der Waals surface area contributed by atoms with Gasteiger partial charge in [0.25, 0.3) is 0 Å². The third-order valence-electron chi connectivity index (χ3n) is 3.35. The van der Waals surface area contributed by atoms with Gasteiger partial charge < -0.3 is 5.11 Å². The lowest BCUT2D eigenvalue weighted by Crippen LogP contribution is -2.42. The van der Waals surface area contributed by atoms with Gasteiger partial charge >= 0.3 is 11.7 Å². The molecule has 0 aliphatic carbocycles. The molecule has 114 valence electrons. The Morgan fingerprint density at radius 1 is 1.57 bits per heavy atom. The standard InChI is InChI=1S/C13H15FN2O4S/c14-11-5-9(1-2-12(11)16(19)20)7-15-3-4-21-8-10(15)6-13(17)18/h1-2,5,10H,3-4,6-8H2,(H,17,18). The zero-order valence-corrected chi connectivity index (χ0v) is 12.0. The molecule has 0 bridgehead atoms. The van der Waals surface area contributed by atoms with Gasteiger partial charge in [-0.2, -0.15) is 16.2 Å². The highest BCUT2D eigenvalue weighted by molar-refractivity contribution is 7.99. The highest BCUT2D eigenvalue weighted by atomic mass is 32.2. The van der Waals surface area contributed by atoms with E-state index < -0.39 is 22.4 Å². The van der Waals surface area contributed by atoms with Crippen LogP contribution in [0.4, 0.5) is 10.1 Å². The average molecular weight is 314 g/mol. The van der Waals surface area contributed by atoms with Crippen molar-refractivity contribution in [1.82, 2.24) is 4.90 Å². The lowest BCUT2D eigenvalue weighted by atomic mass is 10.1. The molecule has 1 saturated heterocycles. The molecule has 21 heavy (non-hydrogen) atoms. The minimum atomic E-state index is -0.862. The van der Waals surface area contributed by atoms with Crippen LogP contribution in [0, 0.1) is 15.9 Å². The fourth-order valence-corrected chi connectivity index (χ4v) is 3.45. The van der Waals surface area contributed by atoms with E-state index in [0.717, 1.165) is 30.2 Å². The summed E-state index contributed by atoms with van der Waals surface area (Å²) in [5, 5.41) is 19.5. The van der Waals surface area contributed by atoms with Gasteiger partial charge in [-0.15, -0.1) is 0 Å². The number of hydrogen-bond acceptors (Lipinski definition) is 5. The van der Waals surface area contributed by atoms with Gasteiger partial charge in [0.1, 0.15) is 0 Å². The molecule has 8 heteroatoms. The van der Waals surface area contributed by atoms with Crippen LogP contribution in [0.3, 0.4) is 0 Å². The average Bonchev–Trinajstić information content (AvgIpc) is 2.40. The molecule has 6 nitrogen and oxygen atoms in total. The Morgan fingerprint density at radius 3 is 2.95 bits per heavy atom. The van der Waals surface area contributed by atoms with E-state index in [-0.39, 0.29) is 12.5 Å². The number of benzene rings is 1. The van der Waals surface area contributed by atoms with Crippen LogP contribution < -0.4 is 0 Å². The summed E-state index contributed by atoms with van der Waals surface area (Å²) in [5.74, 6) is -0.103. The molecular weight excluding hydrogens is 299 g/mol. The molecule has 1 aliphatic rings. The molecule has 2 rings (SSSR count). The summed E-state index contributed by atoms with van der Waals surface area (Å²) in [6.45, 7) is 1.12. The summed E-state index contributed by atoms with van der Waals surface area (Å²) in [5.41, 5.74) is 0.0652. The molecule has 1 fully saturated rings. The van der Waals surface area contributed by atoms with Crippen LogP contribution >= 0.6 is 11.8 Å². The minimum Gasteiger partial charge on any atom is -0.481 e. The Labute approximate surface area is 125 Å². The van der Waals surface area contributed by atoms with Gasteiger partial charge in [-0.25, -0.2) is 0 Å². The van der Waals surface area contributed by atoms with Gasteiger partial charge in [-0.3, -0.25) is 19.8 Å². The van der Waals surface area contributed by atoms with Crippen molar-refractivity contribution in [2.45, 2.75) is 19.0 Å². The van der Waals surface area contributed by atoms with E-state index in [0.29, 0.717) is 12.1 Å². The van der Waals surface area contributed by atoms with E-state index in [9.17, 15) is 19.3 Å². The number of thioether (sulfide) groups is 1. The number of nitrogens with zero attached hydrogens (tertiary/aromatic N) is 2. The zero-order chi connectivity index (χ0) is 15.4. The van der Waals surface area contributed by atoms with Crippen LogP contribution in [0.2, 0.25) is 0 Å². The molecule has 0 aromatic heterocycles. The molecule has 1 aromatic carbocycles. The van der Waals surface area contributed by atoms with Crippen LogP contribution in [0.25, 0.3) is 0 Å². The largest absolute Gasteiger partial charge is 0.481 e. The van der Waals surface area contributed by atoms with Crippen LogP contribution in [0.15, 0.2) is 18.2 Å². The van der Waals surface area contributed by atoms with Crippen molar-refractivity contribution < 1.29 is 19.2 Å². The number of carboxylic acids is 1. The van der Waals surface area contributed by atoms with Crippen LogP contribution in [0.5, 0.6) is 0 Å². The van der Waals surface area contributed by atoms with Crippen LogP contribution in [0.1, 0.15) is 12.0 Å². The predicted molar refractivity (Wildman–Crippen MR) is 76.8 cm³/mol. The SMILES string of the molecule is O=C(O)CC1CSCCN1Cc1ccc([N+](=O)[O-])c(F)c1. The molecule has 0 amide bonds. The fourth-order valence-electron chi connectivity index (χ4n) is 2.32. The maximum Gasteiger partial charge on any atom is 0.304 e. The monoisotopic (exact) mass is 314 g/mol. The summed E-state index contributed by atoms with van der Waals surface area (Å²) in [4.78, 5) is 22.7. The third-order valence-corrected chi connectivity index (χ3v) is 4.45. The fraction of sp³-hybridized carbons (Fsp3) is 0.462. The molecular formula is C13H15FN2O4S. The number of nitro benzene ring substituents is 1. The number of hydrogen-bond donors (Lipinski definition) is 1. The van der Waals surface area contributed by atoms with Gasteiger partial charge in [0, 0.05) is 36.7 Å². The first kappa shape index (κ1) is 15.7. The van der Waals surface area contributed by atoms with Crippen molar-refractivity contribution in [3.8, 4) is 0 Å². The lowest BCUT2D eigenvalue weighted by molar-refractivity contribution is -0.387. The van der Waals surface area contributed by atoms with Crippen molar-refractivity contribution in [2.24, 2.45) is 0 Å². The topological polar surface area (TPSA) is 83.7 Å². The summed E-state index contributed by atoms with van der Waals surface area (Å²) in [7, 11) is 0. The van der Waals surface area contributed by atoms with Crippen molar-refractivity contribution in [3.63, 3.8) is 0 Å². The molecule has 1 N–H and O–H groups in total. The predicted octanol–water partition coefficient (Wildman–Crippen LogP) is 2.13. The highest BCUT2D eigenvalue weighted by Crippen LogP contribution is 2.23. The second kappa shape index (κ2) is 6.86. The molecule has 0 saturated carbocycles. The van der Waals surface area contributed by atoms with Gasteiger partial charge in [0.15, 0.2) is 0 Å². The zero-order valence-electron chi connectivity index (χ0n) is 11.2. The smallest absolute Gasteiger partial charge is 0.304 e. The normalized spacial score (nSPS) is 19.4. The summed E-state index contributed by atoms with van der Waals surface area (Å²) in [6.07, 6.45) is 0.0441. The highest BCUT2D eigenvalue weighted by Gasteiger charge is 2.25. The van der Waals surface area contributed by atoms with E-state index in [1.807, 2.05) is 4.90 Å². The first-order valence-electron chi connectivity index (χ1n) is 6.44. The van der Waals surface area contributed by atoms with Gasteiger partial charge in [0.2, 0.25) is 5.82 Å². The van der Waals surface area contributed by atoms with E-state index in [4.69, 9.17) is 5.11 Å². The van der Waals surface area contributed by atoms with E-state index in [1.165, 1.54) is 6.07 Å². The minimum absolute atomic E-state index is 0.0441. The molecule has 1 unspecified atom stereocenters. The third kappa shape index (κ3) is 4.15. The first-order chi connectivity index (χ1) is 9.97. The van der Waals surface area contributed by atoms with Crippen molar-refractivity contribution in [2.75, 3.05) is 18.1 Å². The van der Waals surface area contributed by atoms with E-state index in [2.05, 4.69) is 0 Å². The number of carbonyl (C=O) groups is 1. The Kier molecular flexibility index (Phi) is 5.13. The number of halogens is 1. The number of nitro groups is 1. The van der Waals surface area contributed by atoms with Crippen molar-refractivity contribution >= 4 is 23.4 Å². The Balaban J connectivity index is 2.10. The maximum absolute atomic E-state index is 13.6. The Morgan fingerprint density at radius 2 is 2.33 bits per heavy atom. The number of rotatable bonds is 5. The second-order valence-corrected chi connectivity index (χ2v) is 5.99. The van der Waals surface area contributed by atoms with Crippen LogP contribution in [-0.2, 0) is 11.3 Å². The Hall–Kier alpha value is -1.67. The molecule has 0 spiro atoms. The number of aliphatic carboxylic acids is 1. The number of carboxylic acid groups (broad SMARTS) is 1. The molecule has 1 aliphatic heterocycles. The molecule has 1 atom stereocenters. The van der Waals surface area contributed by atoms with Crippen molar-refractivity contribution in [1.29, 1.82) is 0 Å². The van der Waals surface area contributed by atoms with E-state index >= 15 is 0 Å². The summed E-state index contributed by atoms with van der Waals surface area (Å²) < 4.78 is 13.6. The van der Waals surface area contributed by atoms with Gasteiger partial charge in [-0.1, -0.05) is 6.07 Å². The summed E-state index contributed by atoms with van der Waals surface area (Å²) >= 11 is 1.70. The maximum atomic E-state index is 13.6. The van der Waals surface area contributed by atoms with Gasteiger partial charge in [0.05, 0.1) is 11.3 Å². The van der Waals surface area contributed by atoms with E-state index in [1.54, 1.807) is 11.8 Å².